The third-order valence-electron chi connectivity index (χ3n) is 5.78. The Bertz CT molecular complexity index is 1220. The minimum atomic E-state index is -3.46. The summed E-state index contributed by atoms with van der Waals surface area (Å²) in [6.45, 7) is 6.32. The zero-order chi connectivity index (χ0) is 24.0. The largest absolute Gasteiger partial charge is 0.322 e. The first-order chi connectivity index (χ1) is 15.7. The highest BCUT2D eigenvalue weighted by Crippen LogP contribution is 2.24. The first kappa shape index (κ1) is 24.5. The van der Waals surface area contributed by atoms with Crippen LogP contribution in [0.4, 0.5) is 11.4 Å². The lowest BCUT2D eigenvalue weighted by atomic mass is 10.0. The Morgan fingerprint density at radius 2 is 1.64 bits per heavy atom. The number of amides is 1. The first-order valence-electron chi connectivity index (χ1n) is 11.2. The molecule has 0 saturated heterocycles. The summed E-state index contributed by atoms with van der Waals surface area (Å²) >= 11 is 0. The van der Waals surface area contributed by atoms with Gasteiger partial charge in [-0.05, 0) is 79.3 Å². The lowest BCUT2D eigenvalue weighted by Gasteiger charge is -2.23. The van der Waals surface area contributed by atoms with Crippen molar-refractivity contribution in [2.45, 2.75) is 46.6 Å². The van der Waals surface area contributed by atoms with Gasteiger partial charge in [0.05, 0.1) is 18.5 Å². The maximum atomic E-state index is 12.8. The molecule has 33 heavy (non-hydrogen) atoms. The summed E-state index contributed by atoms with van der Waals surface area (Å²) in [5.41, 5.74) is 6.04. The third kappa shape index (κ3) is 6.45. The number of anilines is 2. The Morgan fingerprint density at radius 1 is 0.939 bits per heavy atom. The molecule has 0 bridgehead atoms. The fraction of sp³-hybridized carbons (Fsp3) is 0.296. The second-order valence-electron chi connectivity index (χ2n) is 8.45. The maximum absolute atomic E-state index is 12.8. The highest BCUT2D eigenvalue weighted by Gasteiger charge is 2.18. The van der Waals surface area contributed by atoms with E-state index in [1.165, 1.54) is 10.6 Å². The fourth-order valence-corrected chi connectivity index (χ4v) is 4.55. The van der Waals surface area contributed by atoms with Gasteiger partial charge >= 0.3 is 0 Å². The number of nitrogens with zero attached hydrogens (tertiary/aromatic N) is 1. The molecular formula is C27H32N2O3S. The van der Waals surface area contributed by atoms with Gasteiger partial charge in [0.15, 0.2) is 0 Å². The Morgan fingerprint density at radius 3 is 2.27 bits per heavy atom. The average molecular weight is 465 g/mol. The minimum absolute atomic E-state index is 0.137. The van der Waals surface area contributed by atoms with Gasteiger partial charge in [0.2, 0.25) is 10.0 Å². The summed E-state index contributed by atoms with van der Waals surface area (Å²) in [4.78, 5) is 12.8. The molecule has 0 radical (unpaired) electrons. The van der Waals surface area contributed by atoms with E-state index in [4.69, 9.17) is 0 Å². The number of rotatable bonds is 9. The molecule has 0 unspecified atom stereocenters. The second kappa shape index (κ2) is 10.7. The van der Waals surface area contributed by atoms with E-state index in [1.807, 2.05) is 80.6 Å². The van der Waals surface area contributed by atoms with Crippen LogP contribution in [0.25, 0.3) is 0 Å². The normalized spacial score (nSPS) is 11.3. The molecule has 0 aliphatic carbocycles. The molecule has 1 amide bonds. The number of nitrogens with one attached hydrogen (secondary N) is 1. The Labute approximate surface area is 197 Å². The fourth-order valence-electron chi connectivity index (χ4n) is 3.67. The summed E-state index contributed by atoms with van der Waals surface area (Å²) in [5.74, 6) is -0.137. The highest BCUT2D eigenvalue weighted by molar-refractivity contribution is 7.92. The van der Waals surface area contributed by atoms with Crippen molar-refractivity contribution in [3.05, 3.63) is 94.5 Å². The van der Waals surface area contributed by atoms with Crippen LogP contribution in [0.15, 0.2) is 66.7 Å². The summed E-state index contributed by atoms with van der Waals surface area (Å²) in [5, 5.41) is 2.96. The predicted molar refractivity (Wildman–Crippen MR) is 136 cm³/mol. The van der Waals surface area contributed by atoms with Crippen LogP contribution in [0.1, 0.15) is 52.4 Å². The zero-order valence-electron chi connectivity index (χ0n) is 19.8. The Kier molecular flexibility index (Phi) is 7.92. The molecule has 1 N–H and O–H groups in total. The molecule has 0 fully saturated rings. The molecule has 0 heterocycles. The van der Waals surface area contributed by atoms with Crippen LogP contribution in [0.3, 0.4) is 0 Å². The van der Waals surface area contributed by atoms with Crippen molar-refractivity contribution in [2.75, 3.05) is 15.9 Å². The number of hydrogen-bond donors (Lipinski definition) is 1. The minimum Gasteiger partial charge on any atom is -0.322 e. The van der Waals surface area contributed by atoms with Crippen LogP contribution >= 0.6 is 0 Å². The number of carbonyl (C=O) groups is 1. The van der Waals surface area contributed by atoms with E-state index in [9.17, 15) is 13.2 Å². The molecule has 6 heteroatoms. The van der Waals surface area contributed by atoms with Crippen LogP contribution in [0.2, 0.25) is 0 Å². The van der Waals surface area contributed by atoms with E-state index >= 15 is 0 Å². The molecule has 0 atom stereocenters. The molecule has 0 saturated carbocycles. The standard InChI is InChI=1S/C27H32N2O3S/c1-5-6-9-23-10-7-8-11-26(23)27(30)28-24-15-13-22(14-16-24)19-29(33(4,31)32)25-17-12-20(2)21(3)18-25/h7-8,10-18H,5-6,9,19H2,1-4H3,(H,28,30). The predicted octanol–water partition coefficient (Wildman–Crippen LogP) is 5.86. The van der Waals surface area contributed by atoms with Gasteiger partial charge in [0.25, 0.3) is 5.91 Å². The number of benzene rings is 3. The van der Waals surface area contributed by atoms with Crippen molar-refractivity contribution in [3.8, 4) is 0 Å². The van der Waals surface area contributed by atoms with E-state index in [2.05, 4.69) is 12.2 Å². The van der Waals surface area contributed by atoms with Crippen LogP contribution in [0, 0.1) is 13.8 Å². The van der Waals surface area contributed by atoms with Crippen molar-refractivity contribution in [1.82, 2.24) is 0 Å². The van der Waals surface area contributed by atoms with Gasteiger partial charge in [-0.25, -0.2) is 8.42 Å². The topological polar surface area (TPSA) is 66.5 Å². The SMILES string of the molecule is CCCCc1ccccc1C(=O)Nc1ccc(CN(c2ccc(C)c(C)c2)S(C)(=O)=O)cc1. The van der Waals surface area contributed by atoms with E-state index in [1.54, 1.807) is 0 Å². The van der Waals surface area contributed by atoms with Crippen molar-refractivity contribution < 1.29 is 13.2 Å². The van der Waals surface area contributed by atoms with Gasteiger partial charge in [-0.1, -0.05) is 49.7 Å². The number of aryl methyl sites for hydroxylation is 3. The average Bonchev–Trinajstić information content (AvgIpc) is 2.78. The summed E-state index contributed by atoms with van der Waals surface area (Å²) < 4.78 is 26.4. The lowest BCUT2D eigenvalue weighted by molar-refractivity contribution is 0.102. The maximum Gasteiger partial charge on any atom is 0.255 e. The van der Waals surface area contributed by atoms with E-state index < -0.39 is 10.0 Å². The smallest absolute Gasteiger partial charge is 0.255 e. The summed E-state index contributed by atoms with van der Waals surface area (Å²) in [7, 11) is -3.46. The van der Waals surface area contributed by atoms with Crippen molar-refractivity contribution >= 4 is 27.3 Å². The Balaban J connectivity index is 1.75. The van der Waals surface area contributed by atoms with Gasteiger partial charge in [-0.15, -0.1) is 0 Å². The zero-order valence-corrected chi connectivity index (χ0v) is 20.6. The highest BCUT2D eigenvalue weighted by atomic mass is 32.2. The molecule has 3 rings (SSSR count). The van der Waals surface area contributed by atoms with Crippen LogP contribution < -0.4 is 9.62 Å². The van der Waals surface area contributed by atoms with E-state index in [0.717, 1.165) is 41.5 Å². The van der Waals surface area contributed by atoms with Crippen molar-refractivity contribution in [1.29, 1.82) is 0 Å². The quantitative estimate of drug-likeness (QED) is 0.431. The van der Waals surface area contributed by atoms with Crippen molar-refractivity contribution in [2.24, 2.45) is 0 Å². The lowest BCUT2D eigenvalue weighted by Crippen LogP contribution is -2.29. The molecular weight excluding hydrogens is 432 g/mol. The number of hydrogen-bond acceptors (Lipinski definition) is 3. The molecule has 0 spiro atoms. The first-order valence-corrected chi connectivity index (χ1v) is 13.1. The third-order valence-corrected chi connectivity index (χ3v) is 6.92. The number of sulfonamides is 1. The van der Waals surface area contributed by atoms with Crippen LogP contribution in [0.5, 0.6) is 0 Å². The van der Waals surface area contributed by atoms with Gasteiger partial charge < -0.3 is 5.32 Å². The molecule has 5 nitrogen and oxygen atoms in total. The van der Waals surface area contributed by atoms with Crippen molar-refractivity contribution in [3.63, 3.8) is 0 Å². The Hall–Kier alpha value is -3.12. The van der Waals surface area contributed by atoms with Gasteiger partial charge in [0.1, 0.15) is 0 Å². The van der Waals surface area contributed by atoms with Crippen LogP contribution in [-0.4, -0.2) is 20.6 Å². The van der Waals surface area contributed by atoms with Gasteiger partial charge in [-0.3, -0.25) is 9.10 Å². The molecule has 3 aromatic carbocycles. The van der Waals surface area contributed by atoms with Crippen LogP contribution in [-0.2, 0) is 23.0 Å². The number of carbonyl (C=O) groups excluding carboxylic acids is 1. The van der Waals surface area contributed by atoms with E-state index in [0.29, 0.717) is 16.9 Å². The molecule has 3 aromatic rings. The summed E-state index contributed by atoms with van der Waals surface area (Å²) in [6, 6.07) is 20.6. The van der Waals surface area contributed by atoms with E-state index in [-0.39, 0.29) is 12.5 Å². The molecule has 0 aliphatic heterocycles. The molecule has 0 aliphatic rings. The monoisotopic (exact) mass is 464 g/mol. The van der Waals surface area contributed by atoms with Gasteiger partial charge in [0, 0.05) is 11.3 Å². The molecule has 174 valence electrons. The molecule has 0 aromatic heterocycles. The number of unbranched alkanes of at least 4 members (excludes halogenated alkanes) is 1. The second-order valence-corrected chi connectivity index (χ2v) is 10.4. The summed E-state index contributed by atoms with van der Waals surface area (Å²) in [6.07, 6.45) is 4.20. The van der Waals surface area contributed by atoms with Gasteiger partial charge in [-0.2, -0.15) is 0 Å².